The molecule has 0 bridgehead atoms. The maximum Gasteiger partial charge on any atom is 0.164 e. The second kappa shape index (κ2) is 8.15. The van der Waals surface area contributed by atoms with Crippen LogP contribution in [0.3, 0.4) is 0 Å². The van der Waals surface area contributed by atoms with E-state index in [0.717, 1.165) is 51.4 Å². The monoisotopic (exact) mass is 289 g/mol. The Morgan fingerprint density at radius 2 is 1.76 bits per heavy atom. The van der Waals surface area contributed by atoms with Crippen LogP contribution in [0.2, 0.25) is 0 Å². The van der Waals surface area contributed by atoms with E-state index in [1.54, 1.807) is 0 Å². The van der Waals surface area contributed by atoms with E-state index in [0.29, 0.717) is 6.42 Å². The van der Waals surface area contributed by atoms with Gasteiger partial charge in [0.15, 0.2) is 5.78 Å². The maximum atomic E-state index is 12.2. The van der Waals surface area contributed by atoms with Crippen LogP contribution in [-0.2, 0) is 0 Å². The third-order valence-corrected chi connectivity index (χ3v) is 4.22. The first-order valence-corrected chi connectivity index (χ1v) is 8.06. The Labute approximate surface area is 128 Å². The number of nitrogens with one attached hydrogen (secondary N) is 1. The summed E-state index contributed by atoms with van der Waals surface area (Å²) in [5.41, 5.74) is 2.05. The zero-order valence-electron chi connectivity index (χ0n) is 13.3. The zero-order valence-corrected chi connectivity index (χ0v) is 13.3. The number of anilines is 1. The minimum absolute atomic E-state index is 0.244. The number of hydrogen-bond donors (Lipinski definition) is 1. The van der Waals surface area contributed by atoms with Crippen LogP contribution in [0.5, 0.6) is 0 Å². The predicted octanol–water partition coefficient (Wildman–Crippen LogP) is 2.01. The molecular weight excluding hydrogens is 262 g/mol. The lowest BCUT2D eigenvalue weighted by molar-refractivity contribution is 0.0966. The van der Waals surface area contributed by atoms with Crippen molar-refractivity contribution in [3.8, 4) is 0 Å². The van der Waals surface area contributed by atoms with Crippen molar-refractivity contribution < 1.29 is 4.79 Å². The van der Waals surface area contributed by atoms with Gasteiger partial charge in [-0.25, -0.2) is 0 Å². The fourth-order valence-electron chi connectivity index (χ4n) is 2.73. The standard InChI is InChI=1S/C17H27N3O/c1-3-19(4-2)12-9-17(21)15-5-7-16(8-6-15)20-13-10-18-11-14-20/h5-8,18H,3-4,9-14H2,1-2H3. The molecule has 0 atom stereocenters. The Morgan fingerprint density at radius 3 is 2.33 bits per heavy atom. The highest BCUT2D eigenvalue weighted by molar-refractivity contribution is 5.96. The maximum absolute atomic E-state index is 12.2. The lowest BCUT2D eigenvalue weighted by Gasteiger charge is -2.29. The molecule has 1 saturated heterocycles. The number of hydrogen-bond acceptors (Lipinski definition) is 4. The van der Waals surface area contributed by atoms with Crippen LogP contribution in [-0.4, -0.2) is 56.5 Å². The van der Waals surface area contributed by atoms with Crippen molar-refractivity contribution >= 4 is 11.5 Å². The largest absolute Gasteiger partial charge is 0.369 e. The minimum atomic E-state index is 0.244. The van der Waals surface area contributed by atoms with Crippen molar-refractivity contribution in [1.29, 1.82) is 0 Å². The van der Waals surface area contributed by atoms with E-state index in [1.807, 2.05) is 12.1 Å². The topological polar surface area (TPSA) is 35.6 Å². The molecule has 0 aromatic heterocycles. The summed E-state index contributed by atoms with van der Waals surface area (Å²) in [7, 11) is 0. The van der Waals surface area contributed by atoms with Gasteiger partial charge < -0.3 is 15.1 Å². The molecule has 4 nitrogen and oxygen atoms in total. The number of Topliss-reactive ketones (excluding diaryl/α,β-unsaturated/α-hetero) is 1. The molecule has 0 unspecified atom stereocenters. The molecule has 2 rings (SSSR count). The molecule has 21 heavy (non-hydrogen) atoms. The molecule has 1 aliphatic rings. The van der Waals surface area contributed by atoms with Crippen LogP contribution < -0.4 is 10.2 Å². The molecule has 0 spiro atoms. The first kappa shape index (κ1) is 16.0. The van der Waals surface area contributed by atoms with Crippen molar-refractivity contribution in [2.45, 2.75) is 20.3 Å². The number of carbonyl (C=O) groups excluding carboxylic acids is 1. The quantitative estimate of drug-likeness (QED) is 0.779. The van der Waals surface area contributed by atoms with Crippen molar-refractivity contribution in [3.63, 3.8) is 0 Å². The van der Waals surface area contributed by atoms with Crippen LogP contribution in [0.4, 0.5) is 5.69 Å². The molecule has 0 amide bonds. The van der Waals surface area contributed by atoms with Crippen molar-refractivity contribution in [1.82, 2.24) is 10.2 Å². The van der Waals surface area contributed by atoms with Crippen LogP contribution in [0.1, 0.15) is 30.6 Å². The molecule has 1 heterocycles. The Kier molecular flexibility index (Phi) is 6.21. The molecule has 1 aromatic carbocycles. The Morgan fingerprint density at radius 1 is 1.14 bits per heavy atom. The average molecular weight is 289 g/mol. The molecule has 0 radical (unpaired) electrons. The summed E-state index contributed by atoms with van der Waals surface area (Å²) < 4.78 is 0. The van der Waals surface area contributed by atoms with E-state index in [2.05, 4.69) is 41.1 Å². The van der Waals surface area contributed by atoms with Gasteiger partial charge in [0.25, 0.3) is 0 Å². The van der Waals surface area contributed by atoms with Crippen molar-refractivity contribution in [2.24, 2.45) is 0 Å². The fraction of sp³-hybridized carbons (Fsp3) is 0.588. The van der Waals surface area contributed by atoms with Gasteiger partial charge in [-0.1, -0.05) is 13.8 Å². The molecular formula is C17H27N3O. The molecule has 116 valence electrons. The number of benzene rings is 1. The normalized spacial score (nSPS) is 15.5. The van der Waals surface area contributed by atoms with Gasteiger partial charge >= 0.3 is 0 Å². The van der Waals surface area contributed by atoms with Crippen LogP contribution >= 0.6 is 0 Å². The number of rotatable bonds is 7. The molecule has 4 heteroatoms. The Hall–Kier alpha value is -1.39. The highest BCUT2D eigenvalue weighted by Crippen LogP contribution is 2.16. The van der Waals surface area contributed by atoms with Crippen LogP contribution in [0.25, 0.3) is 0 Å². The van der Waals surface area contributed by atoms with Gasteiger partial charge in [-0.3, -0.25) is 4.79 Å². The van der Waals surface area contributed by atoms with Gasteiger partial charge in [-0.2, -0.15) is 0 Å². The fourth-order valence-corrected chi connectivity index (χ4v) is 2.73. The van der Waals surface area contributed by atoms with Gasteiger partial charge in [0, 0.05) is 50.4 Å². The summed E-state index contributed by atoms with van der Waals surface area (Å²) >= 11 is 0. The molecule has 1 aliphatic heterocycles. The predicted molar refractivity (Wildman–Crippen MR) is 88.3 cm³/mol. The third-order valence-electron chi connectivity index (χ3n) is 4.22. The van der Waals surface area contributed by atoms with E-state index >= 15 is 0 Å². The van der Waals surface area contributed by atoms with E-state index in [9.17, 15) is 4.79 Å². The summed E-state index contributed by atoms with van der Waals surface area (Å²) in [6, 6.07) is 8.11. The zero-order chi connectivity index (χ0) is 15.1. The lowest BCUT2D eigenvalue weighted by atomic mass is 10.1. The number of piperazine rings is 1. The molecule has 1 N–H and O–H groups in total. The minimum Gasteiger partial charge on any atom is -0.369 e. The van der Waals surface area contributed by atoms with Crippen LogP contribution in [0.15, 0.2) is 24.3 Å². The van der Waals surface area contributed by atoms with Gasteiger partial charge in [-0.05, 0) is 37.4 Å². The van der Waals surface area contributed by atoms with E-state index in [4.69, 9.17) is 0 Å². The van der Waals surface area contributed by atoms with E-state index < -0.39 is 0 Å². The third kappa shape index (κ3) is 4.55. The molecule has 1 aromatic rings. The highest BCUT2D eigenvalue weighted by atomic mass is 16.1. The first-order valence-electron chi connectivity index (χ1n) is 8.06. The van der Waals surface area contributed by atoms with Gasteiger partial charge in [0.2, 0.25) is 0 Å². The van der Waals surface area contributed by atoms with E-state index in [-0.39, 0.29) is 5.78 Å². The smallest absolute Gasteiger partial charge is 0.164 e. The van der Waals surface area contributed by atoms with Crippen molar-refractivity contribution in [3.05, 3.63) is 29.8 Å². The molecule has 0 aliphatic carbocycles. The summed E-state index contributed by atoms with van der Waals surface area (Å²) in [5.74, 6) is 0.244. The SMILES string of the molecule is CCN(CC)CCC(=O)c1ccc(N2CCNCC2)cc1. The number of carbonyl (C=O) groups is 1. The molecule has 0 saturated carbocycles. The Balaban J connectivity index is 1.90. The summed E-state index contributed by atoms with van der Waals surface area (Å²) in [5, 5.41) is 3.35. The van der Waals surface area contributed by atoms with E-state index in [1.165, 1.54) is 5.69 Å². The summed E-state index contributed by atoms with van der Waals surface area (Å²) in [4.78, 5) is 16.9. The van der Waals surface area contributed by atoms with Gasteiger partial charge in [0.1, 0.15) is 0 Å². The first-order chi connectivity index (χ1) is 10.2. The lowest BCUT2D eigenvalue weighted by Crippen LogP contribution is -2.43. The molecule has 1 fully saturated rings. The summed E-state index contributed by atoms with van der Waals surface area (Å²) in [6.07, 6.45) is 0.606. The average Bonchev–Trinajstić information content (AvgIpc) is 2.56. The van der Waals surface area contributed by atoms with Gasteiger partial charge in [-0.15, -0.1) is 0 Å². The number of nitrogens with zero attached hydrogens (tertiary/aromatic N) is 2. The second-order valence-corrected chi connectivity index (χ2v) is 5.48. The summed E-state index contributed by atoms with van der Waals surface area (Å²) in [6.45, 7) is 11.3. The Bertz CT molecular complexity index is 434. The van der Waals surface area contributed by atoms with Crippen molar-refractivity contribution in [2.75, 3.05) is 50.7 Å². The number of ketones is 1. The highest BCUT2D eigenvalue weighted by Gasteiger charge is 2.12. The van der Waals surface area contributed by atoms with Gasteiger partial charge in [0.05, 0.1) is 0 Å². The van der Waals surface area contributed by atoms with Crippen LogP contribution in [0, 0.1) is 0 Å². The second-order valence-electron chi connectivity index (χ2n) is 5.48.